The van der Waals surface area contributed by atoms with Crippen molar-refractivity contribution in [3.8, 4) is 0 Å². The lowest BCUT2D eigenvalue weighted by molar-refractivity contribution is -0.130. The fourth-order valence-electron chi connectivity index (χ4n) is 1.76. The zero-order valence-electron chi connectivity index (χ0n) is 9.63. The summed E-state index contributed by atoms with van der Waals surface area (Å²) in [6.45, 7) is 1.72. The number of aromatic nitrogens is 3. The standard InChI is InChI=1S/C10H14N4O3/c1-17-10(16)9-11-7-14(12-9)6-8(15)13-4-2-3-5-13/h7H,2-6H2,1H3. The van der Waals surface area contributed by atoms with Gasteiger partial charge in [-0.3, -0.25) is 4.79 Å². The maximum Gasteiger partial charge on any atom is 0.377 e. The van der Waals surface area contributed by atoms with Crippen LogP contribution in [0.3, 0.4) is 0 Å². The number of likely N-dealkylation sites (tertiary alicyclic amines) is 1. The predicted octanol–water partition coefficient (Wildman–Crippen LogP) is -0.313. The van der Waals surface area contributed by atoms with Crippen molar-refractivity contribution in [2.45, 2.75) is 19.4 Å². The van der Waals surface area contributed by atoms with Crippen molar-refractivity contribution in [1.82, 2.24) is 19.7 Å². The van der Waals surface area contributed by atoms with Crippen LogP contribution in [-0.2, 0) is 16.1 Å². The van der Waals surface area contributed by atoms with E-state index in [9.17, 15) is 9.59 Å². The Morgan fingerprint density at radius 3 is 2.76 bits per heavy atom. The number of carbonyl (C=O) groups excluding carboxylic acids is 2. The van der Waals surface area contributed by atoms with Crippen LogP contribution in [0.1, 0.15) is 23.5 Å². The smallest absolute Gasteiger partial charge is 0.377 e. The van der Waals surface area contributed by atoms with Crippen LogP contribution in [0.4, 0.5) is 0 Å². The number of ether oxygens (including phenoxy) is 1. The number of rotatable bonds is 3. The lowest BCUT2D eigenvalue weighted by atomic mass is 10.4. The molecule has 1 aromatic rings. The first kappa shape index (κ1) is 11.6. The van der Waals surface area contributed by atoms with Crippen molar-refractivity contribution >= 4 is 11.9 Å². The van der Waals surface area contributed by atoms with Gasteiger partial charge in [-0.2, -0.15) is 0 Å². The molecule has 92 valence electrons. The van der Waals surface area contributed by atoms with Gasteiger partial charge in [0, 0.05) is 13.1 Å². The van der Waals surface area contributed by atoms with Crippen LogP contribution < -0.4 is 0 Å². The molecule has 1 aliphatic rings. The van der Waals surface area contributed by atoms with E-state index in [2.05, 4.69) is 14.8 Å². The number of hydrogen-bond donors (Lipinski definition) is 0. The average molecular weight is 238 g/mol. The summed E-state index contributed by atoms with van der Waals surface area (Å²) in [5.74, 6) is -0.622. The summed E-state index contributed by atoms with van der Waals surface area (Å²) < 4.78 is 5.84. The molecule has 0 spiro atoms. The molecule has 0 aliphatic carbocycles. The lowest BCUT2D eigenvalue weighted by Gasteiger charge is -2.14. The Bertz CT molecular complexity index is 423. The van der Waals surface area contributed by atoms with Gasteiger partial charge in [-0.1, -0.05) is 0 Å². The van der Waals surface area contributed by atoms with Gasteiger partial charge in [-0.25, -0.2) is 14.5 Å². The van der Waals surface area contributed by atoms with Gasteiger partial charge in [0.25, 0.3) is 5.82 Å². The second-order valence-corrected chi connectivity index (χ2v) is 3.85. The minimum atomic E-state index is -0.600. The molecule has 17 heavy (non-hydrogen) atoms. The van der Waals surface area contributed by atoms with Crippen LogP contribution in [-0.4, -0.2) is 51.7 Å². The first-order valence-electron chi connectivity index (χ1n) is 5.46. The first-order valence-corrected chi connectivity index (χ1v) is 5.46. The summed E-state index contributed by atoms with van der Waals surface area (Å²) in [6.07, 6.45) is 3.47. The van der Waals surface area contributed by atoms with Gasteiger partial charge in [-0.05, 0) is 12.8 Å². The molecule has 7 heteroatoms. The third-order valence-corrected chi connectivity index (χ3v) is 2.66. The summed E-state index contributed by atoms with van der Waals surface area (Å²) >= 11 is 0. The molecule has 0 bridgehead atoms. The number of methoxy groups -OCH3 is 1. The van der Waals surface area contributed by atoms with Gasteiger partial charge < -0.3 is 9.64 Å². The van der Waals surface area contributed by atoms with Crippen LogP contribution >= 0.6 is 0 Å². The van der Waals surface area contributed by atoms with Gasteiger partial charge in [0.15, 0.2) is 0 Å². The van der Waals surface area contributed by atoms with E-state index in [4.69, 9.17) is 0 Å². The fourth-order valence-corrected chi connectivity index (χ4v) is 1.76. The SMILES string of the molecule is COC(=O)c1ncn(CC(=O)N2CCCC2)n1. The van der Waals surface area contributed by atoms with Crippen molar-refractivity contribution < 1.29 is 14.3 Å². The number of nitrogens with zero attached hydrogens (tertiary/aromatic N) is 4. The monoisotopic (exact) mass is 238 g/mol. The van der Waals surface area contributed by atoms with Crippen molar-refractivity contribution in [3.05, 3.63) is 12.2 Å². The topological polar surface area (TPSA) is 77.3 Å². The van der Waals surface area contributed by atoms with Crippen LogP contribution in [0.5, 0.6) is 0 Å². The minimum absolute atomic E-state index is 0.00353. The Morgan fingerprint density at radius 1 is 1.41 bits per heavy atom. The molecule has 0 unspecified atom stereocenters. The molecule has 1 aromatic heterocycles. The second-order valence-electron chi connectivity index (χ2n) is 3.85. The van der Waals surface area contributed by atoms with Crippen molar-refractivity contribution in [3.63, 3.8) is 0 Å². The van der Waals surface area contributed by atoms with Gasteiger partial charge in [-0.15, -0.1) is 5.10 Å². The Balaban J connectivity index is 1.96. The van der Waals surface area contributed by atoms with Gasteiger partial charge >= 0.3 is 5.97 Å². The summed E-state index contributed by atoms with van der Waals surface area (Å²) in [4.78, 5) is 28.5. The number of amides is 1. The zero-order valence-corrected chi connectivity index (χ0v) is 9.63. The Labute approximate surface area is 98.4 Å². The molecule has 2 heterocycles. The first-order chi connectivity index (χ1) is 8.20. The van der Waals surface area contributed by atoms with Crippen LogP contribution in [0.2, 0.25) is 0 Å². The molecule has 0 radical (unpaired) electrons. The van der Waals surface area contributed by atoms with E-state index in [-0.39, 0.29) is 18.3 Å². The molecular formula is C10H14N4O3. The maximum absolute atomic E-state index is 11.8. The molecule has 2 rings (SSSR count). The zero-order chi connectivity index (χ0) is 12.3. The normalized spacial score (nSPS) is 15.0. The minimum Gasteiger partial charge on any atom is -0.463 e. The maximum atomic E-state index is 11.8. The molecule has 1 amide bonds. The van der Waals surface area contributed by atoms with Crippen molar-refractivity contribution in [2.24, 2.45) is 0 Å². The Morgan fingerprint density at radius 2 is 2.12 bits per heavy atom. The average Bonchev–Trinajstić information content (AvgIpc) is 2.98. The quantitative estimate of drug-likeness (QED) is 0.675. The second kappa shape index (κ2) is 4.94. The van der Waals surface area contributed by atoms with E-state index in [0.29, 0.717) is 0 Å². The molecule has 0 saturated carbocycles. The third-order valence-electron chi connectivity index (χ3n) is 2.66. The van der Waals surface area contributed by atoms with E-state index in [1.54, 1.807) is 4.90 Å². The molecule has 0 N–H and O–H groups in total. The number of hydrogen-bond acceptors (Lipinski definition) is 5. The molecule has 1 aliphatic heterocycles. The van der Waals surface area contributed by atoms with Crippen LogP contribution in [0.25, 0.3) is 0 Å². The molecule has 1 saturated heterocycles. The highest BCUT2D eigenvalue weighted by Gasteiger charge is 2.19. The highest BCUT2D eigenvalue weighted by molar-refractivity contribution is 5.84. The van der Waals surface area contributed by atoms with Crippen LogP contribution in [0.15, 0.2) is 6.33 Å². The fraction of sp³-hybridized carbons (Fsp3) is 0.600. The van der Waals surface area contributed by atoms with E-state index in [0.717, 1.165) is 25.9 Å². The molecule has 1 fully saturated rings. The van der Waals surface area contributed by atoms with Gasteiger partial charge in [0.2, 0.25) is 5.91 Å². The number of esters is 1. The van der Waals surface area contributed by atoms with Crippen LogP contribution in [0, 0.1) is 0 Å². The summed E-state index contributed by atoms with van der Waals surface area (Å²) in [5.41, 5.74) is 0. The van der Waals surface area contributed by atoms with E-state index in [1.165, 1.54) is 18.1 Å². The predicted molar refractivity (Wildman–Crippen MR) is 57.2 cm³/mol. The van der Waals surface area contributed by atoms with E-state index >= 15 is 0 Å². The van der Waals surface area contributed by atoms with Crippen molar-refractivity contribution in [2.75, 3.05) is 20.2 Å². The summed E-state index contributed by atoms with van der Waals surface area (Å²) in [5, 5.41) is 3.88. The lowest BCUT2D eigenvalue weighted by Crippen LogP contribution is -2.31. The number of carbonyl (C=O) groups is 2. The Hall–Kier alpha value is -1.92. The molecule has 0 aromatic carbocycles. The van der Waals surface area contributed by atoms with Crippen molar-refractivity contribution in [1.29, 1.82) is 0 Å². The largest absolute Gasteiger partial charge is 0.463 e. The third kappa shape index (κ3) is 2.61. The summed E-state index contributed by atoms with van der Waals surface area (Å²) in [7, 11) is 1.26. The van der Waals surface area contributed by atoms with E-state index in [1.807, 2.05) is 0 Å². The van der Waals surface area contributed by atoms with E-state index < -0.39 is 5.97 Å². The summed E-state index contributed by atoms with van der Waals surface area (Å²) in [6, 6.07) is 0. The Kier molecular flexibility index (Phi) is 3.36. The molecule has 7 nitrogen and oxygen atoms in total. The highest BCUT2D eigenvalue weighted by atomic mass is 16.5. The highest BCUT2D eigenvalue weighted by Crippen LogP contribution is 2.08. The molecule has 0 atom stereocenters. The van der Waals surface area contributed by atoms with Gasteiger partial charge in [0.05, 0.1) is 7.11 Å². The molecular weight excluding hydrogens is 224 g/mol. The van der Waals surface area contributed by atoms with Gasteiger partial charge in [0.1, 0.15) is 12.9 Å².